The Bertz CT molecular complexity index is 1100. The minimum Gasteiger partial charge on any atom is -0.426 e. The van der Waals surface area contributed by atoms with Crippen molar-refractivity contribution >= 4 is 11.8 Å². The lowest BCUT2D eigenvalue weighted by molar-refractivity contribution is -0.308. The molecule has 0 unspecified atom stereocenters. The molecule has 1 aromatic carbocycles. The molecule has 3 aliphatic heterocycles. The number of likely N-dealkylation sites (tertiary alicyclic amines) is 1. The molecule has 2 N–H and O–H groups in total. The number of carbonyl (C=O) groups excluding carboxylic acids is 1. The van der Waals surface area contributed by atoms with Gasteiger partial charge >= 0.3 is 24.6 Å². The highest BCUT2D eigenvalue weighted by Gasteiger charge is 2.60. The van der Waals surface area contributed by atoms with Crippen molar-refractivity contribution in [2.75, 3.05) is 57.3 Å². The first kappa shape index (κ1) is 33.4. The van der Waals surface area contributed by atoms with Crippen molar-refractivity contribution < 1.29 is 59.3 Å². The molecule has 0 atom stereocenters. The number of carbonyl (C=O) groups is 1. The van der Waals surface area contributed by atoms with Crippen LogP contribution in [0.25, 0.3) is 0 Å². The summed E-state index contributed by atoms with van der Waals surface area (Å²) < 4.78 is 121. The maximum absolute atomic E-state index is 13.6. The first-order valence-corrected chi connectivity index (χ1v) is 13.8. The third-order valence-corrected chi connectivity index (χ3v) is 8.41. The lowest BCUT2D eigenvalue weighted by Crippen LogP contribution is -2.54. The van der Waals surface area contributed by atoms with Gasteiger partial charge in [-0.3, -0.25) is 9.80 Å². The van der Waals surface area contributed by atoms with Crippen LogP contribution < -0.4 is 4.90 Å². The summed E-state index contributed by atoms with van der Waals surface area (Å²) in [5.74, 6) is 0. The number of piperazine rings is 1. The topological polar surface area (TPSA) is 79.7 Å². The number of aliphatic hydroxyl groups is 2. The normalized spacial score (nSPS) is 21.0. The molecule has 4 rings (SSSR count). The van der Waals surface area contributed by atoms with E-state index in [1.54, 1.807) is 4.90 Å². The molecular weight excluding hydrogens is 603 g/mol. The second-order valence-electron chi connectivity index (χ2n) is 11.2. The average Bonchev–Trinajstić information content (AvgIpc) is 3.26. The number of aliphatic hydroxyl groups excluding tert-OH is 1. The van der Waals surface area contributed by atoms with E-state index in [1.165, 1.54) is 6.07 Å². The van der Waals surface area contributed by atoms with Gasteiger partial charge < -0.3 is 24.7 Å². The van der Waals surface area contributed by atoms with Crippen molar-refractivity contribution in [1.82, 2.24) is 14.7 Å². The number of rotatable bonds is 6. The van der Waals surface area contributed by atoms with Crippen molar-refractivity contribution in [2.45, 2.75) is 68.7 Å². The van der Waals surface area contributed by atoms with Crippen LogP contribution in [-0.2, 0) is 17.5 Å². The van der Waals surface area contributed by atoms with Gasteiger partial charge in [0, 0.05) is 63.6 Å². The van der Waals surface area contributed by atoms with Crippen LogP contribution >= 0.6 is 0 Å². The minimum atomic E-state index is -5.83. The number of piperidine rings is 1. The zero-order chi connectivity index (χ0) is 31.8. The maximum Gasteiger partial charge on any atom is 0.434 e. The highest BCUT2D eigenvalue weighted by atomic mass is 19.4. The molecule has 3 heterocycles. The SMILES string of the molecule is O=C(OC(C(F)(F)F)C(F)(F)F)N1CCN(Cc2ccc(C(F)(F)F)cc2N2CCC3(CCCN3CC(O)O)CC2)CC1. The van der Waals surface area contributed by atoms with Crippen LogP contribution in [0.5, 0.6) is 0 Å². The van der Waals surface area contributed by atoms with E-state index in [0.717, 1.165) is 29.9 Å². The number of halogens is 9. The van der Waals surface area contributed by atoms with E-state index in [-0.39, 0.29) is 44.8 Å². The number of alkyl halides is 9. The molecule has 0 saturated carbocycles. The van der Waals surface area contributed by atoms with Crippen molar-refractivity contribution in [3.05, 3.63) is 29.3 Å². The van der Waals surface area contributed by atoms with E-state index in [1.807, 2.05) is 9.80 Å². The van der Waals surface area contributed by atoms with E-state index < -0.39 is 42.6 Å². The summed E-state index contributed by atoms with van der Waals surface area (Å²) >= 11 is 0. The first-order valence-electron chi connectivity index (χ1n) is 13.8. The summed E-state index contributed by atoms with van der Waals surface area (Å²) in [6.45, 7) is 1.36. The summed E-state index contributed by atoms with van der Waals surface area (Å²) in [6, 6.07) is 3.37. The van der Waals surface area contributed by atoms with Gasteiger partial charge in [0.05, 0.1) is 5.56 Å². The molecule has 3 saturated heterocycles. The zero-order valence-corrected chi connectivity index (χ0v) is 23.0. The Balaban J connectivity index is 1.43. The van der Waals surface area contributed by atoms with Gasteiger partial charge in [-0.15, -0.1) is 0 Å². The molecule has 0 aromatic heterocycles. The van der Waals surface area contributed by atoms with Gasteiger partial charge in [-0.25, -0.2) is 4.79 Å². The molecule has 244 valence electrons. The quantitative estimate of drug-likeness (QED) is 0.358. The first-order chi connectivity index (χ1) is 19.9. The van der Waals surface area contributed by atoms with Crippen LogP contribution in [0.3, 0.4) is 0 Å². The van der Waals surface area contributed by atoms with E-state index in [0.29, 0.717) is 43.7 Å². The number of ether oxygens (including phenoxy) is 1. The Morgan fingerprint density at radius 2 is 1.47 bits per heavy atom. The number of hydrogen-bond acceptors (Lipinski definition) is 7. The van der Waals surface area contributed by atoms with Crippen molar-refractivity contribution in [3.63, 3.8) is 0 Å². The highest BCUT2D eigenvalue weighted by molar-refractivity contribution is 5.68. The second-order valence-corrected chi connectivity index (χ2v) is 11.2. The van der Waals surface area contributed by atoms with Crippen LogP contribution in [0, 0.1) is 0 Å². The fourth-order valence-corrected chi connectivity index (χ4v) is 6.20. The van der Waals surface area contributed by atoms with E-state index >= 15 is 0 Å². The Morgan fingerprint density at radius 3 is 2.00 bits per heavy atom. The number of anilines is 1. The Hall–Kier alpha value is -2.50. The van der Waals surface area contributed by atoms with Crippen LogP contribution in [0.15, 0.2) is 18.2 Å². The fraction of sp³-hybridized carbons (Fsp3) is 0.731. The third kappa shape index (κ3) is 7.97. The van der Waals surface area contributed by atoms with Gasteiger partial charge in [-0.05, 0) is 49.9 Å². The van der Waals surface area contributed by atoms with Gasteiger partial charge in [0.1, 0.15) is 0 Å². The Labute approximate surface area is 241 Å². The van der Waals surface area contributed by atoms with E-state index in [2.05, 4.69) is 4.74 Å². The molecule has 0 bridgehead atoms. The molecule has 8 nitrogen and oxygen atoms in total. The van der Waals surface area contributed by atoms with Gasteiger partial charge in [0.15, 0.2) is 6.29 Å². The zero-order valence-electron chi connectivity index (χ0n) is 23.0. The monoisotopic (exact) mass is 636 g/mol. The van der Waals surface area contributed by atoms with Crippen molar-refractivity contribution in [2.24, 2.45) is 0 Å². The lowest BCUT2D eigenvalue weighted by atomic mass is 9.84. The molecular formula is C26H33F9N4O4. The predicted molar refractivity (Wildman–Crippen MR) is 134 cm³/mol. The summed E-state index contributed by atoms with van der Waals surface area (Å²) in [4.78, 5) is 18.4. The number of nitrogens with zero attached hydrogens (tertiary/aromatic N) is 4. The van der Waals surface area contributed by atoms with Crippen molar-refractivity contribution in [3.8, 4) is 0 Å². The van der Waals surface area contributed by atoms with Crippen LogP contribution in [-0.4, -0.2) is 114 Å². The van der Waals surface area contributed by atoms with Crippen LogP contribution in [0.4, 0.5) is 50.0 Å². The Kier molecular flexibility index (Phi) is 9.69. The van der Waals surface area contributed by atoms with Crippen LogP contribution in [0.1, 0.15) is 36.8 Å². The molecule has 1 aromatic rings. The van der Waals surface area contributed by atoms with Gasteiger partial charge in [0.25, 0.3) is 6.10 Å². The summed E-state index contributed by atoms with van der Waals surface area (Å²) in [7, 11) is 0. The number of benzene rings is 1. The standard InChI is InChI=1S/C26H33F9N4O4/c27-24(28,29)18-3-2-17(19(14-18)37-8-5-23(6-9-37)4-1-7-39(23)16-20(40)41)15-36-10-12-38(13-11-36)22(42)43-21(25(30,31)32)26(33,34)35/h2-3,14,20-21,40-41H,1,4-13,15-16H2. The smallest absolute Gasteiger partial charge is 0.426 e. The summed E-state index contributed by atoms with van der Waals surface area (Å²) in [6.07, 6.45) is -20.9. The Morgan fingerprint density at radius 1 is 0.860 bits per heavy atom. The van der Waals surface area contributed by atoms with Crippen molar-refractivity contribution in [1.29, 1.82) is 0 Å². The van der Waals surface area contributed by atoms with Gasteiger partial charge in [-0.1, -0.05) is 6.07 Å². The van der Waals surface area contributed by atoms with Gasteiger partial charge in [0.2, 0.25) is 0 Å². The fourth-order valence-electron chi connectivity index (χ4n) is 6.20. The minimum absolute atomic E-state index is 0.0415. The molecule has 1 amide bonds. The van der Waals surface area contributed by atoms with E-state index in [9.17, 15) is 54.5 Å². The predicted octanol–water partition coefficient (Wildman–Crippen LogP) is 4.20. The number of β-amino-alcohol motifs (C(OH)–C–C–N with tert-alkyl or cyclic N) is 2. The number of amides is 1. The average molecular weight is 637 g/mol. The maximum atomic E-state index is 13.6. The lowest BCUT2D eigenvalue weighted by Gasteiger charge is -2.46. The van der Waals surface area contributed by atoms with E-state index in [4.69, 9.17) is 0 Å². The largest absolute Gasteiger partial charge is 0.434 e. The molecule has 0 radical (unpaired) electrons. The van der Waals surface area contributed by atoms with Gasteiger partial charge in [-0.2, -0.15) is 39.5 Å². The molecule has 0 aliphatic carbocycles. The highest BCUT2D eigenvalue weighted by Crippen LogP contribution is 2.41. The molecule has 43 heavy (non-hydrogen) atoms. The molecule has 17 heteroatoms. The molecule has 3 aliphatic rings. The van der Waals surface area contributed by atoms with Crippen LogP contribution in [0.2, 0.25) is 0 Å². The summed E-state index contributed by atoms with van der Waals surface area (Å²) in [5, 5.41) is 19.0. The number of hydrogen-bond donors (Lipinski definition) is 2. The summed E-state index contributed by atoms with van der Waals surface area (Å²) in [5.41, 5.74) is -0.210. The molecule has 3 fully saturated rings. The molecule has 1 spiro atoms. The second kappa shape index (κ2) is 12.5. The third-order valence-electron chi connectivity index (χ3n) is 8.41.